The fraction of sp³-hybridized carbons (Fsp3) is 0.333. The van der Waals surface area contributed by atoms with Crippen molar-refractivity contribution in [2.24, 2.45) is 0 Å². The molecule has 1 aliphatic rings. The Morgan fingerprint density at radius 3 is 3.05 bits per heavy atom. The summed E-state index contributed by atoms with van der Waals surface area (Å²) in [6.45, 7) is 0.631. The average Bonchev–Trinajstić information content (AvgIpc) is 3.23. The van der Waals surface area contributed by atoms with Crippen LogP contribution in [0.2, 0.25) is 0 Å². The predicted molar refractivity (Wildman–Crippen MR) is 75.5 cm³/mol. The number of ether oxygens (including phenoxy) is 1. The van der Waals surface area contributed by atoms with Gasteiger partial charge >= 0.3 is 0 Å². The largest absolute Gasteiger partial charge is 0.495 e. The van der Waals surface area contributed by atoms with Crippen LogP contribution in [0.3, 0.4) is 0 Å². The molecule has 0 radical (unpaired) electrons. The lowest BCUT2D eigenvalue weighted by Gasteiger charge is -2.13. The molecule has 0 aliphatic heterocycles. The van der Waals surface area contributed by atoms with Crippen LogP contribution in [0, 0.1) is 11.3 Å². The van der Waals surface area contributed by atoms with Gasteiger partial charge < -0.3 is 14.6 Å². The van der Waals surface area contributed by atoms with Gasteiger partial charge in [0.25, 0.3) is 0 Å². The number of aromatic nitrogens is 2. The molecule has 1 aromatic carbocycles. The van der Waals surface area contributed by atoms with Gasteiger partial charge in [-0.05, 0) is 25.0 Å². The molecule has 1 fully saturated rings. The summed E-state index contributed by atoms with van der Waals surface area (Å²) in [4.78, 5) is 4.21. The highest BCUT2D eigenvalue weighted by atomic mass is 16.5. The van der Waals surface area contributed by atoms with Gasteiger partial charge in [-0.1, -0.05) is 6.07 Å². The maximum Gasteiger partial charge on any atom is 0.143 e. The van der Waals surface area contributed by atoms with E-state index in [-0.39, 0.29) is 0 Å². The molecule has 0 unspecified atom stereocenters. The molecular formula is C15H16N4O. The van der Waals surface area contributed by atoms with E-state index >= 15 is 0 Å². The van der Waals surface area contributed by atoms with Gasteiger partial charge in [0.05, 0.1) is 36.9 Å². The van der Waals surface area contributed by atoms with Crippen molar-refractivity contribution in [2.75, 3.05) is 12.4 Å². The lowest BCUT2D eigenvalue weighted by atomic mass is 10.1. The average molecular weight is 268 g/mol. The second-order valence-electron chi connectivity index (χ2n) is 4.87. The third-order valence-electron chi connectivity index (χ3n) is 3.50. The molecule has 0 spiro atoms. The van der Waals surface area contributed by atoms with Gasteiger partial charge in [0.2, 0.25) is 0 Å². The zero-order chi connectivity index (χ0) is 13.9. The Morgan fingerprint density at radius 2 is 2.35 bits per heavy atom. The van der Waals surface area contributed by atoms with Gasteiger partial charge in [0, 0.05) is 12.2 Å². The monoisotopic (exact) mass is 268 g/mol. The number of hydrogen-bond donors (Lipinski definition) is 1. The van der Waals surface area contributed by atoms with Gasteiger partial charge in [-0.3, -0.25) is 0 Å². The molecule has 5 heteroatoms. The number of benzene rings is 1. The molecule has 3 rings (SSSR count). The van der Waals surface area contributed by atoms with Gasteiger partial charge in [-0.25, -0.2) is 4.98 Å². The maximum absolute atomic E-state index is 9.19. The fourth-order valence-electron chi connectivity index (χ4n) is 2.31. The summed E-state index contributed by atoms with van der Waals surface area (Å²) >= 11 is 0. The molecule has 102 valence electrons. The van der Waals surface area contributed by atoms with Crippen LogP contribution in [0.5, 0.6) is 5.75 Å². The molecule has 1 saturated carbocycles. The molecule has 0 bridgehead atoms. The number of nitrogens with one attached hydrogen (secondary N) is 1. The molecule has 0 saturated heterocycles. The second kappa shape index (κ2) is 5.25. The van der Waals surface area contributed by atoms with Crippen LogP contribution in [0.4, 0.5) is 5.69 Å². The first kappa shape index (κ1) is 12.5. The Labute approximate surface area is 117 Å². The van der Waals surface area contributed by atoms with Crippen LogP contribution in [0.25, 0.3) is 0 Å². The fourth-order valence-corrected chi connectivity index (χ4v) is 2.31. The van der Waals surface area contributed by atoms with Gasteiger partial charge in [0.1, 0.15) is 11.8 Å². The molecule has 2 aromatic rings. The van der Waals surface area contributed by atoms with E-state index in [0.717, 1.165) is 11.4 Å². The lowest BCUT2D eigenvalue weighted by Crippen LogP contribution is -2.07. The maximum atomic E-state index is 9.19. The third-order valence-corrected chi connectivity index (χ3v) is 3.50. The highest BCUT2D eigenvalue weighted by molar-refractivity contribution is 5.66. The molecule has 0 amide bonds. The van der Waals surface area contributed by atoms with E-state index in [4.69, 9.17) is 4.74 Å². The highest BCUT2D eigenvalue weighted by Gasteiger charge is 2.25. The van der Waals surface area contributed by atoms with Gasteiger partial charge in [-0.2, -0.15) is 5.26 Å². The summed E-state index contributed by atoms with van der Waals surface area (Å²) in [5, 5.41) is 12.5. The van der Waals surface area contributed by atoms with Crippen LogP contribution >= 0.6 is 0 Å². The summed E-state index contributed by atoms with van der Waals surface area (Å²) in [5.74, 6) is 0.682. The minimum Gasteiger partial charge on any atom is -0.495 e. The summed E-state index contributed by atoms with van der Waals surface area (Å²) in [6, 6.07) is 8.23. The van der Waals surface area contributed by atoms with E-state index in [1.165, 1.54) is 12.8 Å². The summed E-state index contributed by atoms with van der Waals surface area (Å²) in [5.41, 5.74) is 2.45. The molecule has 1 aromatic heterocycles. The third kappa shape index (κ3) is 2.32. The minimum absolute atomic E-state index is 0.585. The first-order valence-corrected chi connectivity index (χ1v) is 6.65. The van der Waals surface area contributed by atoms with Crippen molar-refractivity contribution in [2.45, 2.75) is 25.4 Å². The van der Waals surface area contributed by atoms with E-state index in [1.807, 2.05) is 24.7 Å². The van der Waals surface area contributed by atoms with Gasteiger partial charge in [0.15, 0.2) is 0 Å². The van der Waals surface area contributed by atoms with Crippen molar-refractivity contribution < 1.29 is 4.74 Å². The number of methoxy groups -OCH3 is 1. The van der Waals surface area contributed by atoms with Crippen LogP contribution < -0.4 is 10.1 Å². The van der Waals surface area contributed by atoms with Crippen molar-refractivity contribution in [1.29, 1.82) is 5.26 Å². The van der Waals surface area contributed by atoms with Gasteiger partial charge in [-0.15, -0.1) is 0 Å². The van der Waals surface area contributed by atoms with E-state index in [1.54, 1.807) is 13.2 Å². The SMILES string of the molecule is COc1cccc(C#N)c1NCc1cncn1C1CC1. The molecule has 1 N–H and O–H groups in total. The number of anilines is 1. The summed E-state index contributed by atoms with van der Waals surface area (Å²) in [6.07, 6.45) is 6.19. The molecule has 1 aliphatic carbocycles. The standard InChI is InChI=1S/C15H16N4O/c1-20-14-4-2-3-11(7-16)15(14)18-9-13-8-17-10-19(13)12-5-6-12/h2-4,8,10,12,18H,5-6,9H2,1H3. The van der Waals surface area contributed by atoms with E-state index in [0.29, 0.717) is 23.9 Å². The van der Waals surface area contributed by atoms with Crippen LogP contribution in [0.1, 0.15) is 30.1 Å². The zero-order valence-electron chi connectivity index (χ0n) is 11.3. The first-order chi connectivity index (χ1) is 9.83. The normalized spacial score (nSPS) is 13.8. The number of rotatable bonds is 5. The van der Waals surface area contributed by atoms with E-state index < -0.39 is 0 Å². The smallest absolute Gasteiger partial charge is 0.143 e. The van der Waals surface area contributed by atoms with Crippen molar-refractivity contribution in [3.63, 3.8) is 0 Å². The Morgan fingerprint density at radius 1 is 1.50 bits per heavy atom. The van der Waals surface area contributed by atoms with Crippen LogP contribution in [0.15, 0.2) is 30.7 Å². The summed E-state index contributed by atoms with van der Waals surface area (Å²) < 4.78 is 7.51. The van der Waals surface area contributed by atoms with Crippen LogP contribution in [-0.4, -0.2) is 16.7 Å². The Balaban J connectivity index is 1.81. The molecule has 5 nitrogen and oxygen atoms in total. The topological polar surface area (TPSA) is 62.9 Å². The summed E-state index contributed by atoms with van der Waals surface area (Å²) in [7, 11) is 1.61. The quantitative estimate of drug-likeness (QED) is 0.905. The Bertz CT molecular complexity index is 652. The van der Waals surface area contributed by atoms with Crippen molar-refractivity contribution in [1.82, 2.24) is 9.55 Å². The molecular weight excluding hydrogens is 252 g/mol. The first-order valence-electron chi connectivity index (χ1n) is 6.65. The number of imidazole rings is 1. The van der Waals surface area contributed by atoms with Crippen molar-refractivity contribution in [3.8, 4) is 11.8 Å². The molecule has 1 heterocycles. The number of nitriles is 1. The number of hydrogen-bond acceptors (Lipinski definition) is 4. The van der Waals surface area contributed by atoms with Crippen molar-refractivity contribution in [3.05, 3.63) is 42.0 Å². The zero-order valence-corrected chi connectivity index (χ0v) is 11.3. The van der Waals surface area contributed by atoms with Crippen LogP contribution in [-0.2, 0) is 6.54 Å². The molecule has 0 atom stereocenters. The Hall–Kier alpha value is -2.48. The van der Waals surface area contributed by atoms with E-state index in [9.17, 15) is 5.26 Å². The molecule has 20 heavy (non-hydrogen) atoms. The Kier molecular flexibility index (Phi) is 3.30. The second-order valence-corrected chi connectivity index (χ2v) is 4.87. The van der Waals surface area contributed by atoms with Crippen molar-refractivity contribution >= 4 is 5.69 Å². The lowest BCUT2D eigenvalue weighted by molar-refractivity contribution is 0.416. The number of nitrogens with zero attached hydrogens (tertiary/aromatic N) is 3. The van der Waals surface area contributed by atoms with E-state index in [2.05, 4.69) is 20.9 Å². The highest BCUT2D eigenvalue weighted by Crippen LogP contribution is 2.36. The number of para-hydroxylation sites is 1. The predicted octanol–water partition coefficient (Wildman–Crippen LogP) is 2.71. The minimum atomic E-state index is 0.585.